The van der Waals surface area contributed by atoms with E-state index in [1.165, 1.54) is 6.07 Å². The summed E-state index contributed by atoms with van der Waals surface area (Å²) in [4.78, 5) is 11.9. The van der Waals surface area contributed by atoms with E-state index < -0.39 is 35.5 Å². The van der Waals surface area contributed by atoms with Crippen molar-refractivity contribution >= 4 is 23.3 Å². The minimum atomic E-state index is -4.96. The van der Waals surface area contributed by atoms with Gasteiger partial charge in [0.15, 0.2) is 0 Å². The Labute approximate surface area is 189 Å². The van der Waals surface area contributed by atoms with E-state index in [0.29, 0.717) is 5.56 Å². The van der Waals surface area contributed by atoms with Gasteiger partial charge in [0.05, 0.1) is 28.4 Å². The fourth-order valence-electron chi connectivity index (χ4n) is 6.21. The van der Waals surface area contributed by atoms with Crippen LogP contribution in [0.25, 0.3) is 0 Å². The van der Waals surface area contributed by atoms with Crippen LogP contribution in [0.4, 0.5) is 32.0 Å². The molecule has 3 nitrogen and oxygen atoms in total. The van der Waals surface area contributed by atoms with Crippen LogP contribution in [0.3, 0.4) is 0 Å². The summed E-state index contributed by atoms with van der Waals surface area (Å²) in [6, 6.07) is 3.63. The third-order valence-electron chi connectivity index (χ3n) is 7.36. The van der Waals surface area contributed by atoms with Crippen molar-refractivity contribution in [1.82, 2.24) is 0 Å². The predicted molar refractivity (Wildman–Crippen MR) is 108 cm³/mol. The number of benzene rings is 2. The molecule has 2 aromatic rings. The Kier molecular flexibility index (Phi) is 4.94. The van der Waals surface area contributed by atoms with Gasteiger partial charge in [-0.25, -0.2) is 4.79 Å². The van der Waals surface area contributed by atoms with E-state index in [1.54, 1.807) is 6.07 Å². The second-order valence-electron chi connectivity index (χ2n) is 9.12. The van der Waals surface area contributed by atoms with Crippen molar-refractivity contribution < 1.29 is 36.2 Å². The minimum absolute atomic E-state index is 0.112. The number of carbonyl (C=O) groups is 1. The van der Waals surface area contributed by atoms with E-state index in [4.69, 9.17) is 11.6 Å². The number of rotatable bonds is 2. The van der Waals surface area contributed by atoms with Crippen LogP contribution in [-0.4, -0.2) is 11.1 Å². The van der Waals surface area contributed by atoms with E-state index in [9.17, 15) is 36.2 Å². The van der Waals surface area contributed by atoms with E-state index in [-0.39, 0.29) is 51.6 Å². The fourth-order valence-corrected chi connectivity index (χ4v) is 6.44. The highest BCUT2D eigenvalue weighted by Gasteiger charge is 2.54. The molecule has 2 bridgehead atoms. The SMILES string of the molecule is O=C(O)c1cc(Cl)cc2c1N[C@H](c1cc(C(F)(F)F)cc(C(F)(F)F)c1)[C@@H]1[C@H]3CC[C@@H](C3)[C@@H]21. The summed E-state index contributed by atoms with van der Waals surface area (Å²) >= 11 is 6.17. The summed E-state index contributed by atoms with van der Waals surface area (Å²) in [6.45, 7) is 0. The summed E-state index contributed by atoms with van der Waals surface area (Å²) in [6.07, 6.45) is -7.42. The third-order valence-corrected chi connectivity index (χ3v) is 7.58. The molecule has 33 heavy (non-hydrogen) atoms. The average molecular weight is 490 g/mol. The first-order chi connectivity index (χ1) is 15.3. The number of carboxylic acid groups (broad SMARTS) is 1. The molecule has 0 amide bonds. The first-order valence-corrected chi connectivity index (χ1v) is 10.8. The summed E-state index contributed by atoms with van der Waals surface area (Å²) in [5.74, 6) is -1.44. The normalized spacial score (nSPS) is 28.3. The van der Waals surface area contributed by atoms with Gasteiger partial charge in [0.25, 0.3) is 0 Å². The molecule has 10 heteroatoms. The smallest absolute Gasteiger partial charge is 0.416 e. The molecule has 1 aliphatic heterocycles. The molecule has 2 N–H and O–H groups in total. The quantitative estimate of drug-likeness (QED) is 0.433. The number of fused-ring (bicyclic) bond motifs is 7. The lowest BCUT2D eigenvalue weighted by Crippen LogP contribution is -2.36. The van der Waals surface area contributed by atoms with Crippen molar-refractivity contribution in [3.8, 4) is 0 Å². The van der Waals surface area contributed by atoms with Crippen molar-refractivity contribution in [3.05, 3.63) is 63.2 Å². The van der Waals surface area contributed by atoms with Gasteiger partial charge < -0.3 is 10.4 Å². The van der Waals surface area contributed by atoms with Crippen molar-refractivity contribution in [1.29, 1.82) is 0 Å². The molecule has 176 valence electrons. The van der Waals surface area contributed by atoms with Crippen LogP contribution in [0.2, 0.25) is 5.02 Å². The molecule has 0 radical (unpaired) electrons. The largest absolute Gasteiger partial charge is 0.478 e. The molecular formula is C23H18ClF6NO2. The Hall–Kier alpha value is -2.42. The van der Waals surface area contributed by atoms with E-state index in [1.807, 2.05) is 0 Å². The van der Waals surface area contributed by atoms with Gasteiger partial charge in [0.1, 0.15) is 0 Å². The van der Waals surface area contributed by atoms with Crippen LogP contribution < -0.4 is 5.32 Å². The van der Waals surface area contributed by atoms with Crippen molar-refractivity contribution in [2.24, 2.45) is 17.8 Å². The van der Waals surface area contributed by atoms with Crippen LogP contribution in [0.5, 0.6) is 0 Å². The topological polar surface area (TPSA) is 49.3 Å². The minimum Gasteiger partial charge on any atom is -0.478 e. The van der Waals surface area contributed by atoms with E-state index in [0.717, 1.165) is 31.4 Å². The lowest BCUT2D eigenvalue weighted by molar-refractivity contribution is -0.143. The Morgan fingerprint density at radius 3 is 2.12 bits per heavy atom. The monoisotopic (exact) mass is 489 g/mol. The number of hydrogen-bond acceptors (Lipinski definition) is 2. The molecule has 2 saturated carbocycles. The van der Waals surface area contributed by atoms with Crippen molar-refractivity contribution in [2.75, 3.05) is 5.32 Å². The zero-order valence-electron chi connectivity index (χ0n) is 16.9. The molecule has 0 aromatic heterocycles. The van der Waals surface area contributed by atoms with Gasteiger partial charge >= 0.3 is 18.3 Å². The molecule has 5 rings (SSSR count). The third kappa shape index (κ3) is 3.64. The van der Waals surface area contributed by atoms with Gasteiger partial charge in [0, 0.05) is 5.02 Å². The summed E-state index contributed by atoms with van der Waals surface area (Å²) in [5, 5.41) is 13.0. The molecule has 3 aliphatic rings. The maximum absolute atomic E-state index is 13.5. The van der Waals surface area contributed by atoms with Gasteiger partial charge in [-0.2, -0.15) is 26.3 Å². The Morgan fingerprint density at radius 1 is 0.939 bits per heavy atom. The maximum atomic E-state index is 13.5. The van der Waals surface area contributed by atoms with Crippen LogP contribution >= 0.6 is 11.6 Å². The summed E-state index contributed by atoms with van der Waals surface area (Å²) in [7, 11) is 0. The van der Waals surface area contributed by atoms with Crippen molar-refractivity contribution in [2.45, 2.75) is 43.6 Å². The van der Waals surface area contributed by atoms with E-state index in [2.05, 4.69) is 5.32 Å². The van der Waals surface area contributed by atoms with Gasteiger partial charge in [0.2, 0.25) is 0 Å². The van der Waals surface area contributed by atoms with Gasteiger partial charge in [-0.3, -0.25) is 0 Å². The number of nitrogens with one attached hydrogen (secondary N) is 1. The lowest BCUT2D eigenvalue weighted by atomic mass is 9.67. The first kappa shape index (κ1) is 22.4. The standard InChI is InChI=1S/C23H18ClF6NO2/c24-14-7-15-17-9-1-2-10(3-9)18(17)19(31-20(15)16(8-14)21(32)33)11-4-12(22(25,26)27)6-13(5-11)23(28,29)30/h4-10,17-19,31H,1-3H2,(H,32,33)/t9-,10-,17-,18+,19+/m0/s1. The second-order valence-corrected chi connectivity index (χ2v) is 9.56. The average Bonchev–Trinajstić information content (AvgIpc) is 3.33. The zero-order chi connectivity index (χ0) is 23.9. The highest BCUT2D eigenvalue weighted by Crippen LogP contribution is 2.64. The number of halogens is 7. The molecule has 1 heterocycles. The second kappa shape index (κ2) is 7.29. The molecule has 2 fully saturated rings. The number of anilines is 1. The van der Waals surface area contributed by atoms with Crippen LogP contribution in [0.1, 0.15) is 63.8 Å². The summed E-state index contributed by atoms with van der Waals surface area (Å²) < 4.78 is 81.0. The molecule has 0 spiro atoms. The number of alkyl halides is 6. The number of aromatic carboxylic acids is 1. The fraction of sp³-hybridized carbons (Fsp3) is 0.435. The molecule has 2 aliphatic carbocycles. The lowest BCUT2D eigenvalue weighted by Gasteiger charge is -2.44. The maximum Gasteiger partial charge on any atom is 0.416 e. The zero-order valence-corrected chi connectivity index (χ0v) is 17.7. The van der Waals surface area contributed by atoms with Gasteiger partial charge in [-0.1, -0.05) is 11.6 Å². The Balaban J connectivity index is 1.71. The van der Waals surface area contributed by atoms with Crippen LogP contribution in [0.15, 0.2) is 30.3 Å². The Morgan fingerprint density at radius 2 is 1.55 bits per heavy atom. The highest BCUT2D eigenvalue weighted by molar-refractivity contribution is 6.31. The van der Waals surface area contributed by atoms with Gasteiger partial charge in [-0.15, -0.1) is 0 Å². The first-order valence-electron chi connectivity index (χ1n) is 10.5. The molecule has 0 saturated heterocycles. The van der Waals surface area contributed by atoms with Crippen LogP contribution in [-0.2, 0) is 12.4 Å². The molecular weight excluding hydrogens is 472 g/mol. The summed E-state index contributed by atoms with van der Waals surface area (Å²) in [5.41, 5.74) is -2.15. The number of hydrogen-bond donors (Lipinski definition) is 2. The number of carboxylic acids is 1. The molecule has 2 aromatic carbocycles. The van der Waals surface area contributed by atoms with Crippen LogP contribution in [0, 0.1) is 17.8 Å². The van der Waals surface area contributed by atoms with Gasteiger partial charge in [-0.05, 0) is 84.4 Å². The highest BCUT2D eigenvalue weighted by atomic mass is 35.5. The van der Waals surface area contributed by atoms with Crippen molar-refractivity contribution in [3.63, 3.8) is 0 Å². The molecule has 5 atom stereocenters. The Bertz CT molecular complexity index is 1110. The molecule has 0 unspecified atom stereocenters. The predicted octanol–water partition coefficient (Wildman–Crippen LogP) is 7.37. The van der Waals surface area contributed by atoms with E-state index >= 15 is 0 Å².